The molecule has 33 heavy (non-hydrogen) atoms. The lowest BCUT2D eigenvalue weighted by atomic mass is 10.0. The van der Waals surface area contributed by atoms with Gasteiger partial charge in [0.25, 0.3) is 11.8 Å². The van der Waals surface area contributed by atoms with Crippen molar-refractivity contribution in [1.82, 2.24) is 25.2 Å². The topological polar surface area (TPSA) is 100 Å². The third-order valence-electron chi connectivity index (χ3n) is 5.62. The molecule has 0 unspecified atom stereocenters. The third kappa shape index (κ3) is 5.16. The molecule has 0 bridgehead atoms. The first kappa shape index (κ1) is 22.8. The number of benzene rings is 1. The monoisotopic (exact) mass is 448 g/mol. The van der Waals surface area contributed by atoms with Crippen molar-refractivity contribution in [3.63, 3.8) is 0 Å². The number of amides is 2. The first-order valence-electron chi connectivity index (χ1n) is 11.7. The Kier molecular flexibility index (Phi) is 6.62. The SMILES string of the molecule is CCCNC(=O)c1cc(NCC(C)C)c2ncc(-c3ccc(C(=O)NC4CC4)c(C)c3)n2n1. The molecule has 0 radical (unpaired) electrons. The van der Waals surface area contributed by atoms with Crippen molar-refractivity contribution in [1.29, 1.82) is 0 Å². The van der Waals surface area contributed by atoms with Crippen LogP contribution in [0.15, 0.2) is 30.5 Å². The van der Waals surface area contributed by atoms with Crippen LogP contribution in [0.1, 0.15) is 66.4 Å². The molecule has 174 valence electrons. The molecule has 1 aliphatic rings. The minimum absolute atomic E-state index is 0.0344. The zero-order valence-corrected chi connectivity index (χ0v) is 19.7. The number of anilines is 1. The number of nitrogens with one attached hydrogen (secondary N) is 3. The lowest BCUT2D eigenvalue weighted by molar-refractivity contribution is 0.0940. The van der Waals surface area contributed by atoms with E-state index in [-0.39, 0.29) is 11.8 Å². The van der Waals surface area contributed by atoms with Crippen LogP contribution < -0.4 is 16.0 Å². The molecule has 2 heterocycles. The second-order valence-corrected chi connectivity index (χ2v) is 9.13. The minimum Gasteiger partial charge on any atom is -0.382 e. The van der Waals surface area contributed by atoms with Crippen LogP contribution in [0.4, 0.5) is 5.69 Å². The van der Waals surface area contributed by atoms with E-state index in [0.29, 0.717) is 35.4 Å². The molecule has 8 nitrogen and oxygen atoms in total. The lowest BCUT2D eigenvalue weighted by Crippen LogP contribution is -2.26. The molecule has 3 N–H and O–H groups in total. The molecule has 0 aliphatic heterocycles. The van der Waals surface area contributed by atoms with Gasteiger partial charge in [0.1, 0.15) is 0 Å². The van der Waals surface area contributed by atoms with Gasteiger partial charge in [-0.05, 0) is 55.9 Å². The molecule has 3 aromatic rings. The van der Waals surface area contributed by atoms with Crippen molar-refractivity contribution < 1.29 is 9.59 Å². The summed E-state index contributed by atoms with van der Waals surface area (Å²) < 4.78 is 1.71. The van der Waals surface area contributed by atoms with Gasteiger partial charge in [0.15, 0.2) is 11.3 Å². The van der Waals surface area contributed by atoms with Crippen LogP contribution in [-0.2, 0) is 0 Å². The summed E-state index contributed by atoms with van der Waals surface area (Å²) in [4.78, 5) is 29.8. The summed E-state index contributed by atoms with van der Waals surface area (Å²) >= 11 is 0. The van der Waals surface area contributed by atoms with Gasteiger partial charge in [-0.3, -0.25) is 9.59 Å². The Balaban J connectivity index is 1.72. The van der Waals surface area contributed by atoms with Crippen molar-refractivity contribution in [3.05, 3.63) is 47.3 Å². The van der Waals surface area contributed by atoms with Gasteiger partial charge in [-0.2, -0.15) is 5.10 Å². The van der Waals surface area contributed by atoms with E-state index < -0.39 is 0 Å². The van der Waals surface area contributed by atoms with Crippen LogP contribution in [0.2, 0.25) is 0 Å². The quantitative estimate of drug-likeness (QED) is 0.462. The Morgan fingerprint density at radius 3 is 2.64 bits per heavy atom. The summed E-state index contributed by atoms with van der Waals surface area (Å²) in [5.74, 6) is 0.184. The minimum atomic E-state index is -0.214. The van der Waals surface area contributed by atoms with E-state index in [1.165, 1.54) is 0 Å². The van der Waals surface area contributed by atoms with E-state index in [1.807, 2.05) is 32.0 Å². The molecule has 0 saturated heterocycles. The van der Waals surface area contributed by atoms with Crippen LogP contribution in [0, 0.1) is 12.8 Å². The number of hydrogen-bond donors (Lipinski definition) is 3. The van der Waals surface area contributed by atoms with Crippen LogP contribution in [0.5, 0.6) is 0 Å². The van der Waals surface area contributed by atoms with Crippen molar-refractivity contribution in [3.8, 4) is 11.3 Å². The molecule has 2 amide bonds. The van der Waals surface area contributed by atoms with Gasteiger partial charge in [-0.15, -0.1) is 0 Å². The maximum atomic E-state index is 12.7. The highest BCUT2D eigenvalue weighted by Crippen LogP contribution is 2.27. The Morgan fingerprint density at radius 1 is 1.18 bits per heavy atom. The number of carbonyl (C=O) groups is 2. The number of fused-ring (bicyclic) bond motifs is 1. The van der Waals surface area contributed by atoms with E-state index in [9.17, 15) is 9.59 Å². The van der Waals surface area contributed by atoms with E-state index in [0.717, 1.165) is 48.3 Å². The molecule has 4 rings (SSSR count). The van der Waals surface area contributed by atoms with Crippen LogP contribution >= 0.6 is 0 Å². The van der Waals surface area contributed by atoms with E-state index in [4.69, 9.17) is 0 Å². The second-order valence-electron chi connectivity index (χ2n) is 9.13. The van der Waals surface area contributed by atoms with Crippen molar-refractivity contribution >= 4 is 23.1 Å². The Hall–Kier alpha value is -3.42. The van der Waals surface area contributed by atoms with Gasteiger partial charge >= 0.3 is 0 Å². The Labute approximate surface area is 194 Å². The highest BCUT2D eigenvalue weighted by atomic mass is 16.2. The number of carbonyl (C=O) groups excluding carboxylic acids is 2. The van der Waals surface area contributed by atoms with Gasteiger partial charge < -0.3 is 16.0 Å². The molecule has 1 aliphatic carbocycles. The molecule has 1 fully saturated rings. The summed E-state index contributed by atoms with van der Waals surface area (Å²) in [5.41, 5.74) is 4.96. The van der Waals surface area contributed by atoms with Crippen molar-refractivity contribution in [2.75, 3.05) is 18.4 Å². The molecule has 1 saturated carbocycles. The summed E-state index contributed by atoms with van der Waals surface area (Å²) in [7, 11) is 0. The maximum absolute atomic E-state index is 12.7. The van der Waals surface area contributed by atoms with E-state index >= 15 is 0 Å². The predicted molar refractivity (Wildman–Crippen MR) is 130 cm³/mol. The number of aryl methyl sites for hydroxylation is 1. The molecule has 2 aromatic heterocycles. The Morgan fingerprint density at radius 2 is 1.97 bits per heavy atom. The average molecular weight is 449 g/mol. The fraction of sp³-hybridized carbons (Fsp3) is 0.440. The largest absolute Gasteiger partial charge is 0.382 e. The standard InChI is InChI=1S/C25H32N6O2/c1-5-10-26-25(33)21-12-20(27-13-15(2)3)23-28-14-22(31(23)30-21)17-6-9-19(16(4)11-17)24(32)29-18-7-8-18/h6,9,11-12,14-15,18,27H,5,7-8,10,13H2,1-4H3,(H,26,33)(H,29,32). The van der Waals surface area contributed by atoms with E-state index in [2.05, 4.69) is 39.9 Å². The number of imidazole rings is 1. The van der Waals surface area contributed by atoms with Crippen LogP contribution in [0.3, 0.4) is 0 Å². The smallest absolute Gasteiger partial charge is 0.271 e. The van der Waals surface area contributed by atoms with E-state index in [1.54, 1.807) is 16.8 Å². The maximum Gasteiger partial charge on any atom is 0.271 e. The van der Waals surface area contributed by atoms with Gasteiger partial charge in [-0.25, -0.2) is 9.50 Å². The fourth-order valence-electron chi connectivity index (χ4n) is 3.62. The van der Waals surface area contributed by atoms with Gasteiger partial charge in [0.2, 0.25) is 0 Å². The first-order valence-corrected chi connectivity index (χ1v) is 11.7. The number of aromatic nitrogens is 3. The van der Waals surface area contributed by atoms with Crippen LogP contribution in [0.25, 0.3) is 16.9 Å². The normalized spacial score (nSPS) is 13.4. The number of rotatable bonds is 9. The number of hydrogen-bond acceptors (Lipinski definition) is 5. The zero-order valence-electron chi connectivity index (χ0n) is 19.7. The third-order valence-corrected chi connectivity index (χ3v) is 5.62. The second kappa shape index (κ2) is 9.60. The average Bonchev–Trinajstić information content (AvgIpc) is 3.50. The van der Waals surface area contributed by atoms with Crippen molar-refractivity contribution in [2.45, 2.75) is 53.0 Å². The summed E-state index contributed by atoms with van der Waals surface area (Å²) in [5, 5.41) is 14.0. The predicted octanol–water partition coefficient (Wildman–Crippen LogP) is 3.80. The summed E-state index contributed by atoms with van der Waals surface area (Å²) in [6.45, 7) is 9.54. The van der Waals surface area contributed by atoms with Gasteiger partial charge in [0.05, 0.1) is 17.6 Å². The van der Waals surface area contributed by atoms with Gasteiger partial charge in [-0.1, -0.05) is 26.8 Å². The van der Waals surface area contributed by atoms with Crippen LogP contribution in [-0.4, -0.2) is 45.5 Å². The van der Waals surface area contributed by atoms with Gasteiger partial charge in [0, 0.05) is 30.3 Å². The fourth-order valence-corrected chi connectivity index (χ4v) is 3.62. The molecule has 0 atom stereocenters. The molecule has 0 spiro atoms. The highest BCUT2D eigenvalue weighted by molar-refractivity contribution is 5.97. The summed E-state index contributed by atoms with van der Waals surface area (Å²) in [6.07, 6.45) is 4.72. The van der Waals surface area contributed by atoms with Crippen molar-refractivity contribution in [2.24, 2.45) is 5.92 Å². The lowest BCUT2D eigenvalue weighted by Gasteiger charge is -2.13. The molecular weight excluding hydrogens is 416 g/mol. The summed E-state index contributed by atoms with van der Waals surface area (Å²) in [6, 6.07) is 7.80. The molecular formula is C25H32N6O2. The first-order chi connectivity index (χ1) is 15.9. The molecule has 8 heteroatoms. The number of nitrogens with zero attached hydrogens (tertiary/aromatic N) is 3. The highest BCUT2D eigenvalue weighted by Gasteiger charge is 2.24. The zero-order chi connectivity index (χ0) is 23.5. The molecule has 1 aromatic carbocycles. The Bertz CT molecular complexity index is 1180.